The number of carbonyl (C=O) groups excluding carboxylic acids is 1. The molecule has 0 unspecified atom stereocenters. The van der Waals surface area contributed by atoms with Crippen molar-refractivity contribution in [2.24, 2.45) is 0 Å². The Hall–Kier alpha value is -1.73. The average molecular weight is 336 g/mol. The number of carbonyl (C=O) groups is 1. The second kappa shape index (κ2) is 5.81. The van der Waals surface area contributed by atoms with E-state index in [1.165, 1.54) is 11.3 Å². The summed E-state index contributed by atoms with van der Waals surface area (Å²) in [7, 11) is -3.01. The molecule has 7 heteroatoms. The molecule has 1 fully saturated rings. The molecule has 2 heterocycles. The highest BCUT2D eigenvalue weighted by atomic mass is 32.2. The summed E-state index contributed by atoms with van der Waals surface area (Å²) in [6.45, 7) is 1.86. The van der Waals surface area contributed by atoms with Crippen molar-refractivity contribution in [3.63, 3.8) is 0 Å². The summed E-state index contributed by atoms with van der Waals surface area (Å²) in [6.07, 6.45) is 0.470. The molecule has 1 aliphatic rings. The quantitative estimate of drug-likeness (QED) is 0.930. The van der Waals surface area contributed by atoms with Crippen molar-refractivity contribution in [2.75, 3.05) is 11.5 Å². The van der Waals surface area contributed by atoms with Crippen molar-refractivity contribution >= 4 is 27.1 Å². The van der Waals surface area contributed by atoms with Crippen molar-refractivity contribution in [3.05, 3.63) is 41.0 Å². The Bertz CT molecular complexity index is 797. The van der Waals surface area contributed by atoms with Gasteiger partial charge in [-0.2, -0.15) is 0 Å². The zero-order valence-electron chi connectivity index (χ0n) is 12.1. The lowest BCUT2D eigenvalue weighted by molar-refractivity contribution is 0.0937. The smallest absolute Gasteiger partial charge is 0.271 e. The van der Waals surface area contributed by atoms with Crippen LogP contribution in [0.25, 0.3) is 10.4 Å². The maximum atomic E-state index is 12.5. The first-order valence-corrected chi connectivity index (χ1v) is 9.62. The predicted octanol–water partition coefficient (Wildman–Crippen LogP) is 2.04. The Morgan fingerprint density at radius 2 is 2.05 bits per heavy atom. The first kappa shape index (κ1) is 15.2. The molecule has 5 nitrogen and oxygen atoms in total. The molecule has 22 heavy (non-hydrogen) atoms. The molecule has 0 aliphatic carbocycles. The van der Waals surface area contributed by atoms with Gasteiger partial charge in [-0.25, -0.2) is 13.4 Å². The zero-order chi connectivity index (χ0) is 15.7. The van der Waals surface area contributed by atoms with Gasteiger partial charge in [0, 0.05) is 6.04 Å². The SMILES string of the molecule is Cc1nc(C(=O)N[C@@H]2CCS(=O)(=O)C2)c(-c2ccccc2)s1. The molecule has 1 aliphatic heterocycles. The minimum absolute atomic E-state index is 0.0164. The molecular weight excluding hydrogens is 320 g/mol. The third kappa shape index (κ3) is 3.20. The van der Waals surface area contributed by atoms with E-state index < -0.39 is 9.84 Å². The molecule has 0 spiro atoms. The van der Waals surface area contributed by atoms with E-state index in [0.29, 0.717) is 12.1 Å². The van der Waals surface area contributed by atoms with Crippen LogP contribution in [0.5, 0.6) is 0 Å². The Morgan fingerprint density at radius 3 is 2.68 bits per heavy atom. The minimum Gasteiger partial charge on any atom is -0.347 e. The first-order valence-electron chi connectivity index (χ1n) is 6.99. The molecule has 1 aromatic carbocycles. The number of nitrogens with one attached hydrogen (secondary N) is 1. The number of nitrogens with zero attached hydrogens (tertiary/aromatic N) is 1. The van der Waals surface area contributed by atoms with Crippen LogP contribution in [0.4, 0.5) is 0 Å². The molecule has 1 atom stereocenters. The van der Waals surface area contributed by atoms with Gasteiger partial charge in [-0.05, 0) is 18.9 Å². The summed E-state index contributed by atoms with van der Waals surface area (Å²) in [4.78, 5) is 17.6. The normalized spacial score (nSPS) is 20.0. The summed E-state index contributed by atoms with van der Waals surface area (Å²) < 4.78 is 23.0. The fraction of sp³-hybridized carbons (Fsp3) is 0.333. The van der Waals surface area contributed by atoms with Crippen molar-refractivity contribution < 1.29 is 13.2 Å². The number of benzene rings is 1. The van der Waals surface area contributed by atoms with Crippen LogP contribution >= 0.6 is 11.3 Å². The molecule has 1 N–H and O–H groups in total. The van der Waals surface area contributed by atoms with E-state index in [0.717, 1.165) is 15.4 Å². The highest BCUT2D eigenvalue weighted by molar-refractivity contribution is 7.91. The van der Waals surface area contributed by atoms with E-state index in [4.69, 9.17) is 0 Å². The van der Waals surface area contributed by atoms with Crippen molar-refractivity contribution in [1.82, 2.24) is 10.3 Å². The summed E-state index contributed by atoms with van der Waals surface area (Å²) in [5, 5.41) is 3.61. The second-order valence-electron chi connectivity index (χ2n) is 5.35. The summed E-state index contributed by atoms with van der Waals surface area (Å²) in [5.74, 6) is -0.146. The van der Waals surface area contributed by atoms with Crippen LogP contribution in [0.2, 0.25) is 0 Å². The highest BCUT2D eigenvalue weighted by Gasteiger charge is 2.30. The van der Waals surface area contributed by atoms with E-state index in [-0.39, 0.29) is 23.5 Å². The lowest BCUT2D eigenvalue weighted by Gasteiger charge is -2.10. The van der Waals surface area contributed by atoms with Gasteiger partial charge in [0.2, 0.25) is 0 Å². The van der Waals surface area contributed by atoms with E-state index in [1.54, 1.807) is 0 Å². The summed E-state index contributed by atoms with van der Waals surface area (Å²) >= 11 is 1.46. The van der Waals surface area contributed by atoms with Crippen LogP contribution in [0.3, 0.4) is 0 Å². The summed E-state index contributed by atoms with van der Waals surface area (Å²) in [6, 6.07) is 9.29. The molecule has 3 rings (SSSR count). The first-order chi connectivity index (χ1) is 10.4. The number of hydrogen-bond donors (Lipinski definition) is 1. The maximum absolute atomic E-state index is 12.5. The number of rotatable bonds is 3. The lowest BCUT2D eigenvalue weighted by Crippen LogP contribution is -2.36. The Labute approximate surface area is 133 Å². The Balaban J connectivity index is 1.84. The molecule has 116 valence electrons. The molecular formula is C15H16N2O3S2. The van der Waals surface area contributed by atoms with Gasteiger partial charge in [0.05, 0.1) is 21.4 Å². The Kier molecular flexibility index (Phi) is 4.01. The molecule has 0 bridgehead atoms. The number of hydrogen-bond acceptors (Lipinski definition) is 5. The van der Waals surface area contributed by atoms with Crippen LogP contribution in [0.15, 0.2) is 30.3 Å². The van der Waals surface area contributed by atoms with Gasteiger partial charge in [0.15, 0.2) is 9.84 Å². The predicted molar refractivity (Wildman–Crippen MR) is 86.8 cm³/mol. The monoisotopic (exact) mass is 336 g/mol. The van der Waals surface area contributed by atoms with Crippen LogP contribution in [0.1, 0.15) is 21.9 Å². The number of aryl methyl sites for hydroxylation is 1. The topological polar surface area (TPSA) is 76.1 Å². The van der Waals surface area contributed by atoms with Crippen molar-refractivity contribution in [1.29, 1.82) is 0 Å². The fourth-order valence-electron chi connectivity index (χ4n) is 2.53. The molecule has 1 saturated heterocycles. The minimum atomic E-state index is -3.01. The van der Waals surface area contributed by atoms with Crippen LogP contribution in [-0.4, -0.2) is 36.9 Å². The maximum Gasteiger partial charge on any atom is 0.271 e. The lowest BCUT2D eigenvalue weighted by atomic mass is 10.1. The molecule has 2 aromatic rings. The van der Waals surface area contributed by atoms with Gasteiger partial charge in [-0.3, -0.25) is 4.79 Å². The largest absolute Gasteiger partial charge is 0.347 e. The molecule has 0 radical (unpaired) electrons. The van der Waals surface area contributed by atoms with E-state index in [1.807, 2.05) is 37.3 Å². The van der Waals surface area contributed by atoms with Crippen LogP contribution in [0, 0.1) is 6.92 Å². The van der Waals surface area contributed by atoms with Gasteiger partial charge in [-0.1, -0.05) is 30.3 Å². The Morgan fingerprint density at radius 1 is 1.32 bits per heavy atom. The zero-order valence-corrected chi connectivity index (χ0v) is 13.7. The van der Waals surface area contributed by atoms with Gasteiger partial charge >= 0.3 is 0 Å². The van der Waals surface area contributed by atoms with Crippen molar-refractivity contribution in [3.8, 4) is 10.4 Å². The summed E-state index contributed by atoms with van der Waals surface area (Å²) in [5.41, 5.74) is 1.32. The highest BCUT2D eigenvalue weighted by Crippen LogP contribution is 2.30. The third-order valence-corrected chi connectivity index (χ3v) is 6.34. The molecule has 1 amide bonds. The number of aromatic nitrogens is 1. The number of sulfone groups is 1. The van der Waals surface area contributed by atoms with E-state index in [2.05, 4.69) is 10.3 Å². The molecule has 1 aromatic heterocycles. The van der Waals surface area contributed by atoms with Gasteiger partial charge in [0.25, 0.3) is 5.91 Å². The second-order valence-corrected chi connectivity index (χ2v) is 8.78. The van der Waals surface area contributed by atoms with Crippen molar-refractivity contribution in [2.45, 2.75) is 19.4 Å². The standard InChI is InChI=1S/C15H16N2O3S2/c1-10-16-13(14(21-10)11-5-3-2-4-6-11)15(18)17-12-7-8-22(19,20)9-12/h2-6,12H,7-9H2,1H3,(H,17,18)/t12-/m1/s1. The molecule has 0 saturated carbocycles. The van der Waals surface area contributed by atoms with Crippen LogP contribution in [-0.2, 0) is 9.84 Å². The van der Waals surface area contributed by atoms with Gasteiger partial charge < -0.3 is 5.32 Å². The third-order valence-electron chi connectivity index (χ3n) is 3.55. The van der Waals surface area contributed by atoms with Crippen LogP contribution < -0.4 is 5.32 Å². The average Bonchev–Trinajstić information content (AvgIpc) is 3.02. The van der Waals surface area contributed by atoms with Gasteiger partial charge in [0.1, 0.15) is 5.69 Å². The van der Waals surface area contributed by atoms with E-state index in [9.17, 15) is 13.2 Å². The fourth-order valence-corrected chi connectivity index (χ4v) is 5.12. The van der Waals surface area contributed by atoms with E-state index >= 15 is 0 Å². The van der Waals surface area contributed by atoms with Gasteiger partial charge in [-0.15, -0.1) is 11.3 Å². The number of thiazole rings is 1. The number of amides is 1.